The molecule has 0 aliphatic carbocycles. The Kier molecular flexibility index (Phi) is 14.9. The maximum absolute atomic E-state index is 11.2. The van der Waals surface area contributed by atoms with Crippen LogP contribution in [0.3, 0.4) is 0 Å². The number of nitrogens with one attached hydrogen (secondary N) is 3. The Balaban J connectivity index is 0.00000110. The van der Waals surface area contributed by atoms with Gasteiger partial charge in [-0.05, 0) is 19.1 Å². The molecule has 0 saturated heterocycles. The number of anilines is 2. The molecule has 0 bridgehead atoms. The number of carbonyl (C=O) groups is 1. The number of hydrogen-bond donors (Lipinski definition) is 3. The van der Waals surface area contributed by atoms with Gasteiger partial charge in [0.05, 0.1) is 27.5 Å². The standard InChI is InChI=1S/C22H28N6O4.C4H10.C2H6/c1-13(10-23-14(2)29)26-21-20-18(8-17(31-4)12-24-20)27-22(28-21)25-11-15-6-7-16(30-3)9-19(15)32-5;1-3-4-2;1-2/h6-9,12-13H,10-11H2,1-5H3,(H,23,29)(H2,25,26,27,28);3-4H2,1-2H3;1-2H3. The summed E-state index contributed by atoms with van der Waals surface area (Å²) in [5.41, 5.74) is 2.15. The van der Waals surface area contributed by atoms with Gasteiger partial charge in [0.1, 0.15) is 28.3 Å². The summed E-state index contributed by atoms with van der Waals surface area (Å²) in [6, 6.07) is 7.34. The van der Waals surface area contributed by atoms with Crippen molar-refractivity contribution in [2.45, 2.75) is 67.0 Å². The average Bonchev–Trinajstić information content (AvgIpc) is 2.95. The molecular weight excluding hydrogens is 484 g/mol. The minimum Gasteiger partial charge on any atom is -0.497 e. The van der Waals surface area contributed by atoms with Gasteiger partial charge in [0.15, 0.2) is 5.82 Å². The van der Waals surface area contributed by atoms with Gasteiger partial charge in [0.2, 0.25) is 11.9 Å². The minimum atomic E-state index is -0.0927. The molecule has 38 heavy (non-hydrogen) atoms. The molecule has 1 amide bonds. The number of rotatable bonds is 11. The van der Waals surface area contributed by atoms with Crippen LogP contribution in [-0.2, 0) is 11.3 Å². The van der Waals surface area contributed by atoms with Crippen molar-refractivity contribution in [3.63, 3.8) is 0 Å². The SMILES string of the molecule is CC.CCCC.COc1ccc(CNc2nc(NC(C)CNC(C)=O)c3ncc(OC)cc3n2)c(OC)c1. The number of pyridine rings is 1. The Morgan fingerprint density at radius 1 is 0.974 bits per heavy atom. The molecule has 0 aliphatic rings. The zero-order chi connectivity index (χ0) is 28.5. The summed E-state index contributed by atoms with van der Waals surface area (Å²) in [6.07, 6.45) is 4.25. The van der Waals surface area contributed by atoms with Crippen molar-refractivity contribution < 1.29 is 19.0 Å². The Bertz CT molecular complexity index is 1120. The number of benzene rings is 1. The molecular formula is C28H44N6O4. The van der Waals surface area contributed by atoms with Gasteiger partial charge in [-0.2, -0.15) is 4.98 Å². The molecule has 0 radical (unpaired) electrons. The Hall–Kier alpha value is -3.82. The molecule has 3 rings (SSSR count). The van der Waals surface area contributed by atoms with E-state index in [9.17, 15) is 4.79 Å². The van der Waals surface area contributed by atoms with Gasteiger partial charge >= 0.3 is 0 Å². The average molecular weight is 529 g/mol. The summed E-state index contributed by atoms with van der Waals surface area (Å²) in [7, 11) is 4.80. The van der Waals surface area contributed by atoms with Crippen molar-refractivity contribution in [3.8, 4) is 17.2 Å². The second-order valence-corrected chi connectivity index (χ2v) is 8.15. The topological polar surface area (TPSA) is 120 Å². The van der Waals surface area contributed by atoms with Gasteiger partial charge in [-0.3, -0.25) is 4.79 Å². The molecule has 2 aromatic heterocycles. The second kappa shape index (κ2) is 17.6. The van der Waals surface area contributed by atoms with Crippen molar-refractivity contribution in [3.05, 3.63) is 36.0 Å². The van der Waals surface area contributed by atoms with E-state index in [1.54, 1.807) is 33.6 Å². The predicted molar refractivity (Wildman–Crippen MR) is 154 cm³/mol. The summed E-state index contributed by atoms with van der Waals surface area (Å²) in [5.74, 6) is 2.88. The van der Waals surface area contributed by atoms with Gasteiger partial charge in [-0.15, -0.1) is 0 Å². The molecule has 2 heterocycles. The number of fused-ring (bicyclic) bond motifs is 1. The first-order chi connectivity index (χ1) is 18.3. The van der Waals surface area contributed by atoms with Gasteiger partial charge in [-0.1, -0.05) is 40.5 Å². The highest BCUT2D eigenvalue weighted by atomic mass is 16.5. The van der Waals surface area contributed by atoms with E-state index in [2.05, 4.69) is 44.7 Å². The molecule has 0 spiro atoms. The van der Waals surface area contributed by atoms with E-state index in [0.717, 1.165) is 5.56 Å². The summed E-state index contributed by atoms with van der Waals surface area (Å²) >= 11 is 0. The van der Waals surface area contributed by atoms with Gasteiger partial charge in [0, 0.05) is 43.8 Å². The van der Waals surface area contributed by atoms with Crippen LogP contribution in [-0.4, -0.2) is 54.8 Å². The molecule has 0 saturated carbocycles. The molecule has 3 N–H and O–H groups in total. The van der Waals surface area contributed by atoms with Crippen LogP contribution >= 0.6 is 0 Å². The fourth-order valence-electron chi connectivity index (χ4n) is 3.05. The number of methoxy groups -OCH3 is 3. The van der Waals surface area contributed by atoms with Crippen LogP contribution in [0.25, 0.3) is 11.0 Å². The highest BCUT2D eigenvalue weighted by molar-refractivity contribution is 5.87. The summed E-state index contributed by atoms with van der Waals surface area (Å²) < 4.78 is 16.0. The number of carbonyl (C=O) groups excluding carboxylic acids is 1. The van der Waals surface area contributed by atoms with Crippen LogP contribution < -0.4 is 30.2 Å². The van der Waals surface area contributed by atoms with Crippen LogP contribution in [0, 0.1) is 0 Å². The van der Waals surface area contributed by atoms with E-state index in [4.69, 9.17) is 14.2 Å². The number of ether oxygens (including phenoxy) is 3. The largest absolute Gasteiger partial charge is 0.497 e. The van der Waals surface area contributed by atoms with Gasteiger partial charge in [0.25, 0.3) is 0 Å². The first-order valence-electron chi connectivity index (χ1n) is 13.0. The lowest BCUT2D eigenvalue weighted by Gasteiger charge is -2.17. The third-order valence-electron chi connectivity index (χ3n) is 5.22. The molecule has 10 nitrogen and oxygen atoms in total. The molecule has 0 fully saturated rings. The zero-order valence-electron chi connectivity index (χ0n) is 24.3. The highest BCUT2D eigenvalue weighted by Crippen LogP contribution is 2.27. The van der Waals surface area contributed by atoms with Gasteiger partial charge in [-0.25, -0.2) is 9.97 Å². The third kappa shape index (κ3) is 10.3. The van der Waals surface area contributed by atoms with Crippen LogP contribution in [0.2, 0.25) is 0 Å². The van der Waals surface area contributed by atoms with E-state index in [1.165, 1.54) is 19.8 Å². The first kappa shape index (κ1) is 32.2. The van der Waals surface area contributed by atoms with Crippen LogP contribution in [0.4, 0.5) is 11.8 Å². The number of amides is 1. The summed E-state index contributed by atoms with van der Waals surface area (Å²) in [5, 5.41) is 9.34. The molecule has 1 aromatic carbocycles. The van der Waals surface area contributed by atoms with E-state index in [0.29, 0.717) is 53.1 Å². The lowest BCUT2D eigenvalue weighted by Crippen LogP contribution is -2.33. The van der Waals surface area contributed by atoms with Crippen LogP contribution in [0.5, 0.6) is 17.2 Å². The molecule has 1 atom stereocenters. The first-order valence-corrected chi connectivity index (χ1v) is 13.0. The number of hydrogen-bond acceptors (Lipinski definition) is 9. The monoisotopic (exact) mass is 528 g/mol. The fraction of sp³-hybridized carbons (Fsp3) is 0.500. The van der Waals surface area contributed by atoms with Crippen molar-refractivity contribution in [1.29, 1.82) is 0 Å². The molecule has 1 unspecified atom stereocenters. The van der Waals surface area contributed by atoms with Crippen molar-refractivity contribution >= 4 is 28.7 Å². The lowest BCUT2D eigenvalue weighted by atomic mass is 10.2. The zero-order valence-corrected chi connectivity index (χ0v) is 24.3. The number of nitrogens with zero attached hydrogens (tertiary/aromatic N) is 3. The fourth-order valence-corrected chi connectivity index (χ4v) is 3.05. The van der Waals surface area contributed by atoms with Crippen molar-refractivity contribution in [1.82, 2.24) is 20.3 Å². The Morgan fingerprint density at radius 3 is 2.24 bits per heavy atom. The van der Waals surface area contributed by atoms with E-state index in [1.807, 2.05) is 39.0 Å². The van der Waals surface area contributed by atoms with Crippen molar-refractivity contribution in [2.75, 3.05) is 38.5 Å². The van der Waals surface area contributed by atoms with E-state index in [-0.39, 0.29) is 11.9 Å². The quantitative estimate of drug-likeness (QED) is 0.299. The smallest absolute Gasteiger partial charge is 0.225 e. The molecule has 0 aliphatic heterocycles. The predicted octanol–water partition coefficient (Wildman–Crippen LogP) is 5.43. The minimum absolute atomic E-state index is 0.0737. The summed E-state index contributed by atoms with van der Waals surface area (Å²) in [6.45, 7) is 12.7. The third-order valence-corrected chi connectivity index (χ3v) is 5.22. The number of aromatic nitrogens is 3. The normalized spacial score (nSPS) is 10.7. The maximum Gasteiger partial charge on any atom is 0.225 e. The lowest BCUT2D eigenvalue weighted by molar-refractivity contribution is -0.118. The molecule has 10 heteroatoms. The van der Waals surface area contributed by atoms with Crippen molar-refractivity contribution in [2.24, 2.45) is 0 Å². The summed E-state index contributed by atoms with van der Waals surface area (Å²) in [4.78, 5) is 24.9. The highest BCUT2D eigenvalue weighted by Gasteiger charge is 2.14. The van der Waals surface area contributed by atoms with Crippen LogP contribution in [0.1, 0.15) is 59.9 Å². The molecule has 210 valence electrons. The molecule has 3 aromatic rings. The number of unbranched alkanes of at least 4 members (excludes halogenated alkanes) is 1. The van der Waals surface area contributed by atoms with Crippen LogP contribution in [0.15, 0.2) is 30.5 Å². The van der Waals surface area contributed by atoms with E-state index >= 15 is 0 Å². The van der Waals surface area contributed by atoms with E-state index < -0.39 is 0 Å². The van der Waals surface area contributed by atoms with Gasteiger partial charge < -0.3 is 30.2 Å². The second-order valence-electron chi connectivity index (χ2n) is 8.15. The Morgan fingerprint density at radius 2 is 1.66 bits per heavy atom. The maximum atomic E-state index is 11.2. The Labute approximate surface area is 226 Å².